The summed E-state index contributed by atoms with van der Waals surface area (Å²) in [5.74, 6) is -0.659. The van der Waals surface area contributed by atoms with E-state index in [0.29, 0.717) is 11.3 Å². The van der Waals surface area contributed by atoms with Gasteiger partial charge in [0.25, 0.3) is 0 Å². The molecule has 78 valence electrons. The zero-order valence-corrected chi connectivity index (χ0v) is 7.78. The Morgan fingerprint density at radius 3 is 2.87 bits per heavy atom. The molecule has 0 aliphatic rings. The smallest absolute Gasteiger partial charge is 0.439 e. The van der Waals surface area contributed by atoms with Crippen molar-refractivity contribution >= 4 is 0 Å². The van der Waals surface area contributed by atoms with E-state index in [0.717, 1.165) is 0 Å². The van der Waals surface area contributed by atoms with Crippen LogP contribution in [0.1, 0.15) is 0 Å². The number of nitrogens with zero attached hydrogens (tertiary/aromatic N) is 1. The number of hydrogen-bond donors (Lipinski definition) is 1. The van der Waals surface area contributed by atoms with Gasteiger partial charge in [-0.2, -0.15) is 0 Å². The van der Waals surface area contributed by atoms with Gasteiger partial charge in [-0.05, 0) is 12.1 Å². The molecule has 0 fully saturated rings. The Morgan fingerprint density at radius 1 is 1.47 bits per heavy atom. The summed E-state index contributed by atoms with van der Waals surface area (Å²) in [6.07, 6.45) is 0. The fourth-order valence-corrected chi connectivity index (χ4v) is 1.17. The van der Waals surface area contributed by atoms with E-state index < -0.39 is 11.6 Å². The maximum atomic E-state index is 13.1. The van der Waals surface area contributed by atoms with E-state index in [9.17, 15) is 9.18 Å². The number of nitrogens with one attached hydrogen (secondary N) is 1. The zero-order chi connectivity index (χ0) is 10.8. The minimum Gasteiger partial charge on any atom is -0.497 e. The molecule has 5 nitrogen and oxygen atoms in total. The monoisotopic (exact) mass is 210 g/mol. The maximum Gasteiger partial charge on any atom is 0.439 e. The third-order valence-electron chi connectivity index (χ3n) is 1.82. The van der Waals surface area contributed by atoms with Crippen LogP contribution in [0.4, 0.5) is 4.39 Å². The molecule has 0 radical (unpaired) electrons. The van der Waals surface area contributed by atoms with Gasteiger partial charge in [0.2, 0.25) is 0 Å². The van der Waals surface area contributed by atoms with Crippen LogP contribution in [-0.4, -0.2) is 17.3 Å². The van der Waals surface area contributed by atoms with Gasteiger partial charge in [0.15, 0.2) is 5.82 Å². The van der Waals surface area contributed by atoms with Gasteiger partial charge >= 0.3 is 5.76 Å². The molecule has 0 aliphatic carbocycles. The average Bonchev–Trinajstić information content (AvgIpc) is 2.64. The fraction of sp³-hybridized carbons (Fsp3) is 0.111. The number of hydrogen-bond acceptors (Lipinski definition) is 4. The lowest BCUT2D eigenvalue weighted by atomic mass is 10.2. The van der Waals surface area contributed by atoms with E-state index >= 15 is 0 Å². The molecule has 15 heavy (non-hydrogen) atoms. The van der Waals surface area contributed by atoms with Crippen LogP contribution in [0, 0.1) is 5.82 Å². The largest absolute Gasteiger partial charge is 0.497 e. The van der Waals surface area contributed by atoms with Gasteiger partial charge in [0.05, 0.1) is 7.11 Å². The van der Waals surface area contributed by atoms with Gasteiger partial charge in [-0.15, -0.1) is 0 Å². The molecule has 0 aliphatic heterocycles. The van der Waals surface area contributed by atoms with Crippen molar-refractivity contribution in [3.05, 3.63) is 34.6 Å². The Hall–Kier alpha value is -2.11. The molecule has 1 heterocycles. The summed E-state index contributed by atoms with van der Waals surface area (Å²) in [6, 6.07) is 3.98. The topological polar surface area (TPSA) is 68.1 Å². The first-order valence-corrected chi connectivity index (χ1v) is 4.10. The summed E-state index contributed by atoms with van der Waals surface area (Å²) in [6.45, 7) is 0. The van der Waals surface area contributed by atoms with E-state index in [2.05, 4.69) is 14.7 Å². The van der Waals surface area contributed by atoms with Crippen LogP contribution < -0.4 is 10.5 Å². The Balaban J connectivity index is 2.52. The SMILES string of the molecule is COc1cc(F)cc(-c2noc(=O)[nH]2)c1. The summed E-state index contributed by atoms with van der Waals surface area (Å²) < 4.78 is 22.3. The van der Waals surface area contributed by atoms with Gasteiger partial charge in [-0.25, -0.2) is 9.18 Å². The Morgan fingerprint density at radius 2 is 2.27 bits per heavy atom. The molecule has 0 unspecified atom stereocenters. The minimum absolute atomic E-state index is 0.165. The second-order valence-electron chi connectivity index (χ2n) is 2.82. The number of methoxy groups -OCH3 is 1. The van der Waals surface area contributed by atoms with Gasteiger partial charge < -0.3 is 4.74 Å². The zero-order valence-electron chi connectivity index (χ0n) is 7.78. The number of halogens is 1. The molecule has 2 aromatic rings. The number of aromatic nitrogens is 2. The van der Waals surface area contributed by atoms with E-state index in [-0.39, 0.29) is 5.82 Å². The van der Waals surface area contributed by atoms with Crippen LogP contribution in [-0.2, 0) is 0 Å². The summed E-state index contributed by atoms with van der Waals surface area (Å²) in [5.41, 5.74) is 0.387. The molecule has 2 rings (SSSR count). The average molecular weight is 210 g/mol. The first-order chi connectivity index (χ1) is 7.19. The highest BCUT2D eigenvalue weighted by Gasteiger charge is 2.07. The number of benzene rings is 1. The molecular formula is C9H7FN2O3. The van der Waals surface area contributed by atoms with Crippen LogP contribution in [0.5, 0.6) is 5.75 Å². The second-order valence-corrected chi connectivity index (χ2v) is 2.82. The van der Waals surface area contributed by atoms with Crippen LogP contribution >= 0.6 is 0 Å². The van der Waals surface area contributed by atoms with Crippen molar-refractivity contribution < 1.29 is 13.7 Å². The fourth-order valence-electron chi connectivity index (χ4n) is 1.17. The third kappa shape index (κ3) is 1.88. The first-order valence-electron chi connectivity index (χ1n) is 4.10. The van der Waals surface area contributed by atoms with Crippen molar-refractivity contribution in [2.75, 3.05) is 7.11 Å². The van der Waals surface area contributed by atoms with Crippen LogP contribution in [0.2, 0.25) is 0 Å². The molecular weight excluding hydrogens is 203 g/mol. The van der Waals surface area contributed by atoms with Crippen molar-refractivity contribution in [3.8, 4) is 17.1 Å². The molecule has 0 bridgehead atoms. The van der Waals surface area contributed by atoms with E-state index in [1.165, 1.54) is 25.3 Å². The maximum absolute atomic E-state index is 13.1. The lowest BCUT2D eigenvalue weighted by Gasteiger charge is -2.01. The molecule has 1 aromatic carbocycles. The summed E-state index contributed by atoms with van der Waals surface area (Å²) in [7, 11) is 1.42. The number of rotatable bonds is 2. The summed E-state index contributed by atoms with van der Waals surface area (Å²) in [4.78, 5) is 13.0. The van der Waals surface area contributed by atoms with Crippen molar-refractivity contribution in [2.24, 2.45) is 0 Å². The van der Waals surface area contributed by atoms with Crippen molar-refractivity contribution in [1.29, 1.82) is 0 Å². The third-order valence-corrected chi connectivity index (χ3v) is 1.82. The number of aromatic amines is 1. The summed E-state index contributed by atoms with van der Waals surface area (Å²) in [5, 5.41) is 3.44. The van der Waals surface area contributed by atoms with E-state index in [4.69, 9.17) is 4.74 Å². The van der Waals surface area contributed by atoms with Crippen LogP contribution in [0.15, 0.2) is 27.5 Å². The minimum atomic E-state index is -0.687. The molecule has 0 amide bonds. The number of ether oxygens (including phenoxy) is 1. The van der Waals surface area contributed by atoms with E-state index in [1.54, 1.807) is 0 Å². The van der Waals surface area contributed by atoms with Gasteiger partial charge in [0.1, 0.15) is 11.6 Å². The van der Waals surface area contributed by atoms with Gasteiger partial charge in [-0.1, -0.05) is 5.16 Å². The highest BCUT2D eigenvalue weighted by Crippen LogP contribution is 2.21. The Kier molecular flexibility index (Phi) is 2.24. The molecule has 0 spiro atoms. The van der Waals surface area contributed by atoms with Crippen LogP contribution in [0.25, 0.3) is 11.4 Å². The molecule has 0 atom stereocenters. The Bertz CT molecular complexity index is 532. The van der Waals surface area contributed by atoms with Crippen molar-refractivity contribution in [2.45, 2.75) is 0 Å². The van der Waals surface area contributed by atoms with Gasteiger partial charge in [0, 0.05) is 11.6 Å². The predicted octanol–water partition coefficient (Wildman–Crippen LogP) is 1.18. The van der Waals surface area contributed by atoms with Crippen molar-refractivity contribution in [1.82, 2.24) is 10.1 Å². The highest BCUT2D eigenvalue weighted by molar-refractivity contribution is 5.56. The van der Waals surface area contributed by atoms with Gasteiger partial charge in [-0.3, -0.25) is 9.51 Å². The Labute approximate surface area is 83.5 Å². The van der Waals surface area contributed by atoms with Crippen molar-refractivity contribution in [3.63, 3.8) is 0 Å². The highest BCUT2D eigenvalue weighted by atomic mass is 19.1. The molecule has 1 N–H and O–H groups in total. The van der Waals surface area contributed by atoms with E-state index in [1.807, 2.05) is 0 Å². The second kappa shape index (κ2) is 3.56. The standard InChI is InChI=1S/C9H7FN2O3/c1-14-7-3-5(2-6(10)4-7)8-11-9(13)15-12-8/h2-4H,1H3,(H,11,12,13). The molecule has 0 saturated heterocycles. The number of H-pyrrole nitrogens is 1. The predicted molar refractivity (Wildman–Crippen MR) is 49.1 cm³/mol. The summed E-state index contributed by atoms with van der Waals surface area (Å²) >= 11 is 0. The molecule has 1 aromatic heterocycles. The first kappa shape index (κ1) is 9.45. The normalized spacial score (nSPS) is 10.3. The molecule has 0 saturated carbocycles. The lowest BCUT2D eigenvalue weighted by Crippen LogP contribution is -1.95. The lowest BCUT2D eigenvalue weighted by molar-refractivity contribution is 0.387. The van der Waals surface area contributed by atoms with Crippen LogP contribution in [0.3, 0.4) is 0 Å². The quantitative estimate of drug-likeness (QED) is 0.808. The molecule has 6 heteroatoms.